The van der Waals surface area contributed by atoms with E-state index in [0.29, 0.717) is 12.4 Å². The molecule has 0 spiro atoms. The molecule has 3 nitrogen and oxygen atoms in total. The van der Waals surface area contributed by atoms with Gasteiger partial charge >= 0.3 is 0 Å². The quantitative estimate of drug-likeness (QED) is 0.830. The van der Waals surface area contributed by atoms with Crippen molar-refractivity contribution < 1.29 is 9.13 Å². The minimum absolute atomic E-state index is 0.285. The van der Waals surface area contributed by atoms with E-state index in [4.69, 9.17) is 4.74 Å². The topological polar surface area (TPSA) is 24.5 Å². The van der Waals surface area contributed by atoms with E-state index < -0.39 is 0 Å². The van der Waals surface area contributed by atoms with Crippen LogP contribution in [0, 0.1) is 11.7 Å². The molecular formula is C16H25FN2O. The Bertz CT molecular complexity index is 394. The molecule has 1 saturated heterocycles. The van der Waals surface area contributed by atoms with Crippen molar-refractivity contribution in [3.05, 3.63) is 30.1 Å². The number of benzene rings is 1. The minimum atomic E-state index is -0.285. The summed E-state index contributed by atoms with van der Waals surface area (Å²) in [6.45, 7) is 7.93. The summed E-state index contributed by atoms with van der Waals surface area (Å²) in [6.07, 6.45) is 2.58. The highest BCUT2D eigenvalue weighted by Crippen LogP contribution is 2.15. The first kappa shape index (κ1) is 15.3. The average Bonchev–Trinajstić information content (AvgIpc) is 2.49. The molecule has 1 unspecified atom stereocenters. The van der Waals surface area contributed by atoms with Gasteiger partial charge in [0.05, 0.1) is 0 Å². The van der Waals surface area contributed by atoms with E-state index >= 15 is 0 Å². The number of nitrogens with zero attached hydrogens (tertiary/aromatic N) is 1. The SMILES string of the molecule is CCN(CCOc1ccccc1F)CC1CCCNC1. The zero-order valence-corrected chi connectivity index (χ0v) is 12.3. The fourth-order valence-electron chi connectivity index (χ4n) is 2.67. The molecule has 1 atom stereocenters. The maximum atomic E-state index is 13.4. The first-order valence-corrected chi connectivity index (χ1v) is 7.60. The van der Waals surface area contributed by atoms with Crippen LogP contribution in [0.3, 0.4) is 0 Å². The predicted octanol–water partition coefficient (Wildman–Crippen LogP) is 2.53. The molecule has 1 fully saturated rings. The van der Waals surface area contributed by atoms with Crippen LogP contribution in [0.15, 0.2) is 24.3 Å². The molecule has 1 aliphatic heterocycles. The van der Waals surface area contributed by atoms with Gasteiger partial charge in [-0.3, -0.25) is 4.90 Å². The first-order valence-electron chi connectivity index (χ1n) is 7.60. The second-order valence-corrected chi connectivity index (χ2v) is 5.38. The minimum Gasteiger partial charge on any atom is -0.489 e. The number of nitrogens with one attached hydrogen (secondary N) is 1. The molecule has 0 aliphatic carbocycles. The van der Waals surface area contributed by atoms with Crippen LogP contribution < -0.4 is 10.1 Å². The van der Waals surface area contributed by atoms with Crippen molar-refractivity contribution in [2.45, 2.75) is 19.8 Å². The van der Waals surface area contributed by atoms with E-state index in [9.17, 15) is 4.39 Å². The third-order valence-electron chi connectivity index (χ3n) is 3.86. The van der Waals surface area contributed by atoms with Gasteiger partial charge < -0.3 is 10.1 Å². The van der Waals surface area contributed by atoms with Crippen molar-refractivity contribution in [2.24, 2.45) is 5.92 Å². The van der Waals surface area contributed by atoms with Crippen LogP contribution >= 0.6 is 0 Å². The van der Waals surface area contributed by atoms with E-state index in [2.05, 4.69) is 17.1 Å². The molecule has 0 bridgehead atoms. The van der Waals surface area contributed by atoms with Gasteiger partial charge in [-0.25, -0.2) is 4.39 Å². The zero-order valence-electron chi connectivity index (χ0n) is 12.3. The number of hydrogen-bond donors (Lipinski definition) is 1. The molecular weight excluding hydrogens is 255 g/mol. The Balaban J connectivity index is 1.72. The number of halogens is 1. The van der Waals surface area contributed by atoms with Crippen molar-refractivity contribution in [1.29, 1.82) is 0 Å². The standard InChI is InChI=1S/C16H25FN2O/c1-2-19(13-14-6-5-9-18-12-14)10-11-20-16-8-4-3-7-15(16)17/h3-4,7-8,14,18H,2,5-6,9-13H2,1H3. The van der Waals surface area contributed by atoms with Crippen LogP contribution in [0.5, 0.6) is 5.75 Å². The fraction of sp³-hybridized carbons (Fsp3) is 0.625. The average molecular weight is 280 g/mol. The maximum Gasteiger partial charge on any atom is 0.165 e. The Morgan fingerprint density at radius 3 is 2.95 bits per heavy atom. The Morgan fingerprint density at radius 2 is 2.25 bits per heavy atom. The van der Waals surface area contributed by atoms with Gasteiger partial charge in [-0.15, -0.1) is 0 Å². The Kier molecular flexibility index (Phi) is 6.27. The van der Waals surface area contributed by atoms with Gasteiger partial charge in [0.1, 0.15) is 6.61 Å². The summed E-state index contributed by atoms with van der Waals surface area (Å²) in [6, 6.07) is 6.58. The van der Waals surface area contributed by atoms with Gasteiger partial charge in [0.2, 0.25) is 0 Å². The molecule has 20 heavy (non-hydrogen) atoms. The molecule has 0 amide bonds. The van der Waals surface area contributed by atoms with Crippen molar-refractivity contribution >= 4 is 0 Å². The number of hydrogen-bond acceptors (Lipinski definition) is 3. The lowest BCUT2D eigenvalue weighted by molar-refractivity contribution is 0.177. The summed E-state index contributed by atoms with van der Waals surface area (Å²) >= 11 is 0. The highest BCUT2D eigenvalue weighted by atomic mass is 19.1. The van der Waals surface area contributed by atoms with Crippen LogP contribution in [0.25, 0.3) is 0 Å². The summed E-state index contributed by atoms with van der Waals surface area (Å²) in [4.78, 5) is 2.39. The van der Waals surface area contributed by atoms with Crippen LogP contribution in [0.4, 0.5) is 4.39 Å². The smallest absolute Gasteiger partial charge is 0.165 e. The molecule has 2 rings (SSSR count). The van der Waals surface area contributed by atoms with Gasteiger partial charge in [-0.2, -0.15) is 0 Å². The van der Waals surface area contributed by atoms with E-state index in [1.165, 1.54) is 18.9 Å². The summed E-state index contributed by atoms with van der Waals surface area (Å²) < 4.78 is 18.9. The molecule has 1 aromatic rings. The fourth-order valence-corrected chi connectivity index (χ4v) is 2.67. The summed E-state index contributed by atoms with van der Waals surface area (Å²) in [7, 11) is 0. The second kappa shape index (κ2) is 8.22. The predicted molar refractivity (Wildman–Crippen MR) is 79.6 cm³/mol. The molecule has 112 valence electrons. The van der Waals surface area contributed by atoms with Gasteiger partial charge in [-0.1, -0.05) is 19.1 Å². The number of likely N-dealkylation sites (N-methyl/N-ethyl adjacent to an activating group) is 1. The molecule has 4 heteroatoms. The molecule has 0 aromatic heterocycles. The second-order valence-electron chi connectivity index (χ2n) is 5.38. The molecule has 1 aliphatic rings. The van der Waals surface area contributed by atoms with Gasteiger partial charge in [0.25, 0.3) is 0 Å². The molecule has 0 radical (unpaired) electrons. The van der Waals surface area contributed by atoms with Gasteiger partial charge in [-0.05, 0) is 50.5 Å². The van der Waals surface area contributed by atoms with E-state index in [1.54, 1.807) is 18.2 Å². The first-order chi connectivity index (χ1) is 9.79. The van der Waals surface area contributed by atoms with Crippen LogP contribution in [0.2, 0.25) is 0 Å². The van der Waals surface area contributed by atoms with E-state index in [1.807, 2.05) is 0 Å². The third kappa shape index (κ3) is 4.76. The maximum absolute atomic E-state index is 13.4. The number of piperidine rings is 1. The number of para-hydroxylation sites is 1. The van der Waals surface area contributed by atoms with E-state index in [-0.39, 0.29) is 5.82 Å². The Hall–Kier alpha value is -1.13. The number of ether oxygens (including phenoxy) is 1. The Labute approximate surface area is 121 Å². The summed E-state index contributed by atoms with van der Waals surface area (Å²) in [5, 5.41) is 3.45. The van der Waals surface area contributed by atoms with Gasteiger partial charge in [0.15, 0.2) is 11.6 Å². The molecule has 1 aromatic carbocycles. The highest BCUT2D eigenvalue weighted by Gasteiger charge is 2.16. The third-order valence-corrected chi connectivity index (χ3v) is 3.86. The normalized spacial score (nSPS) is 19.2. The molecule has 1 heterocycles. The lowest BCUT2D eigenvalue weighted by Gasteiger charge is -2.29. The van der Waals surface area contributed by atoms with Crippen LogP contribution in [0.1, 0.15) is 19.8 Å². The summed E-state index contributed by atoms with van der Waals surface area (Å²) in [5.41, 5.74) is 0. The monoisotopic (exact) mass is 280 g/mol. The lowest BCUT2D eigenvalue weighted by atomic mass is 9.99. The summed E-state index contributed by atoms with van der Waals surface area (Å²) in [5.74, 6) is 0.798. The van der Waals surface area contributed by atoms with E-state index in [0.717, 1.165) is 38.6 Å². The number of rotatable bonds is 7. The van der Waals surface area contributed by atoms with Crippen molar-refractivity contribution in [3.8, 4) is 5.75 Å². The molecule has 0 saturated carbocycles. The van der Waals surface area contributed by atoms with Crippen molar-refractivity contribution in [2.75, 3.05) is 39.3 Å². The van der Waals surface area contributed by atoms with Crippen LogP contribution in [-0.4, -0.2) is 44.2 Å². The Morgan fingerprint density at radius 1 is 1.40 bits per heavy atom. The van der Waals surface area contributed by atoms with Crippen molar-refractivity contribution in [1.82, 2.24) is 10.2 Å². The molecule has 1 N–H and O–H groups in total. The van der Waals surface area contributed by atoms with Gasteiger partial charge in [0, 0.05) is 13.1 Å². The van der Waals surface area contributed by atoms with Crippen molar-refractivity contribution in [3.63, 3.8) is 0 Å². The van der Waals surface area contributed by atoms with Crippen LogP contribution in [-0.2, 0) is 0 Å². The largest absolute Gasteiger partial charge is 0.489 e. The highest BCUT2D eigenvalue weighted by molar-refractivity contribution is 5.23. The zero-order chi connectivity index (χ0) is 14.2. The lowest BCUT2D eigenvalue weighted by Crippen LogP contribution is -2.39.